The van der Waals surface area contributed by atoms with Crippen molar-refractivity contribution in [3.05, 3.63) is 11.1 Å². The highest BCUT2D eigenvalue weighted by molar-refractivity contribution is 5.75. The van der Waals surface area contributed by atoms with E-state index in [1.54, 1.807) is 0 Å². The molecule has 2 N–H and O–H groups in total. The minimum Gasteiger partial charge on any atom is -0.461 e. The van der Waals surface area contributed by atoms with Crippen LogP contribution >= 0.6 is 0 Å². The quantitative estimate of drug-likeness (QED) is 0.454. The van der Waals surface area contributed by atoms with Gasteiger partial charge in [0.05, 0.1) is 18.6 Å². The monoisotopic (exact) mass is 198 g/mol. The molecule has 1 saturated heterocycles. The summed E-state index contributed by atoms with van der Waals surface area (Å²) in [7, 11) is 0. The lowest BCUT2D eigenvalue weighted by Gasteiger charge is -2.30. The van der Waals surface area contributed by atoms with Crippen LogP contribution in [-0.2, 0) is 9.53 Å². The highest BCUT2D eigenvalue weighted by Crippen LogP contribution is 2.40. The van der Waals surface area contributed by atoms with Crippen LogP contribution in [0.5, 0.6) is 0 Å². The van der Waals surface area contributed by atoms with Crippen molar-refractivity contribution < 1.29 is 19.7 Å². The number of aliphatic hydroxyl groups excluding tert-OH is 2. The highest BCUT2D eigenvalue weighted by atomic mass is 16.5. The maximum absolute atomic E-state index is 11.3. The lowest BCUT2D eigenvalue weighted by molar-refractivity contribution is -0.156. The van der Waals surface area contributed by atoms with Crippen molar-refractivity contribution in [2.24, 2.45) is 11.8 Å². The predicted octanol–water partition coefficient (Wildman–Crippen LogP) is -0.151. The van der Waals surface area contributed by atoms with E-state index in [1.807, 2.05) is 6.92 Å². The first kappa shape index (κ1) is 9.68. The molecule has 0 unspecified atom stereocenters. The molecule has 0 aromatic rings. The van der Waals surface area contributed by atoms with E-state index < -0.39 is 18.0 Å². The molecule has 1 aliphatic carbocycles. The van der Waals surface area contributed by atoms with E-state index in [9.17, 15) is 9.90 Å². The number of hydrogen-bond acceptors (Lipinski definition) is 4. The van der Waals surface area contributed by atoms with Crippen LogP contribution in [0.15, 0.2) is 11.1 Å². The van der Waals surface area contributed by atoms with Crippen molar-refractivity contribution in [3.8, 4) is 0 Å². The minimum absolute atomic E-state index is 0.221. The number of carbonyl (C=O) groups is 1. The van der Waals surface area contributed by atoms with Crippen molar-refractivity contribution in [1.29, 1.82) is 0 Å². The molecule has 0 aromatic heterocycles. The van der Waals surface area contributed by atoms with Crippen molar-refractivity contribution in [2.75, 3.05) is 13.2 Å². The summed E-state index contributed by atoms with van der Waals surface area (Å²) in [5.41, 5.74) is 2.09. The van der Waals surface area contributed by atoms with Gasteiger partial charge in [0.2, 0.25) is 0 Å². The van der Waals surface area contributed by atoms with E-state index >= 15 is 0 Å². The van der Waals surface area contributed by atoms with E-state index in [-0.39, 0.29) is 19.1 Å². The van der Waals surface area contributed by atoms with Crippen molar-refractivity contribution in [1.82, 2.24) is 0 Å². The number of esters is 1. The fraction of sp³-hybridized carbons (Fsp3) is 0.700. The van der Waals surface area contributed by atoms with Gasteiger partial charge in [-0.2, -0.15) is 0 Å². The lowest BCUT2D eigenvalue weighted by atomic mass is 9.84. The molecule has 14 heavy (non-hydrogen) atoms. The summed E-state index contributed by atoms with van der Waals surface area (Å²) in [4.78, 5) is 11.3. The van der Waals surface area contributed by atoms with Gasteiger partial charge in [-0.1, -0.05) is 5.57 Å². The Morgan fingerprint density at radius 3 is 2.93 bits per heavy atom. The zero-order valence-electron chi connectivity index (χ0n) is 8.06. The first-order chi connectivity index (χ1) is 6.65. The zero-order valence-corrected chi connectivity index (χ0v) is 8.06. The van der Waals surface area contributed by atoms with E-state index in [4.69, 9.17) is 9.84 Å². The molecule has 0 saturated carbocycles. The van der Waals surface area contributed by atoms with Gasteiger partial charge in [-0.05, 0) is 18.9 Å². The molecule has 1 aliphatic heterocycles. The molecule has 0 amide bonds. The van der Waals surface area contributed by atoms with Gasteiger partial charge in [-0.25, -0.2) is 0 Å². The molecule has 0 spiro atoms. The normalized spacial score (nSPS) is 37.1. The van der Waals surface area contributed by atoms with Crippen LogP contribution in [0.4, 0.5) is 0 Å². The van der Waals surface area contributed by atoms with Crippen molar-refractivity contribution in [3.63, 3.8) is 0 Å². The molecular weight excluding hydrogens is 184 g/mol. The molecule has 2 rings (SSSR count). The maximum atomic E-state index is 11.3. The molecule has 1 fully saturated rings. The Morgan fingerprint density at radius 1 is 1.57 bits per heavy atom. The standard InChI is InChI=1S/C10H14O4/c1-5-2-8(12)9-6(3-11)10(13)14-4-7(5)9/h6,8-9,11-12H,2-4H2,1H3/t6-,8+,9+/m0/s1. The van der Waals surface area contributed by atoms with E-state index in [1.165, 1.54) is 0 Å². The molecule has 0 bridgehead atoms. The number of carbonyl (C=O) groups excluding carboxylic acids is 1. The Morgan fingerprint density at radius 2 is 2.29 bits per heavy atom. The van der Waals surface area contributed by atoms with Gasteiger partial charge in [0.1, 0.15) is 6.61 Å². The average Bonchev–Trinajstić information content (AvgIpc) is 2.43. The summed E-state index contributed by atoms with van der Waals surface area (Å²) in [6.07, 6.45) is 0.0580. The minimum atomic E-state index is -0.578. The molecule has 3 atom stereocenters. The van der Waals surface area contributed by atoms with Crippen LogP contribution in [0, 0.1) is 11.8 Å². The Bertz CT molecular complexity index is 294. The lowest BCUT2D eigenvalue weighted by Crippen LogP contribution is -2.40. The second-order valence-electron chi connectivity index (χ2n) is 4.00. The van der Waals surface area contributed by atoms with Crippen molar-refractivity contribution >= 4 is 5.97 Å². The summed E-state index contributed by atoms with van der Waals surface area (Å²) >= 11 is 0. The fourth-order valence-electron chi connectivity index (χ4n) is 2.41. The van der Waals surface area contributed by atoms with Gasteiger partial charge < -0.3 is 14.9 Å². The largest absolute Gasteiger partial charge is 0.461 e. The Balaban J connectivity index is 2.31. The number of hydrogen-bond donors (Lipinski definition) is 2. The highest BCUT2D eigenvalue weighted by Gasteiger charge is 2.44. The van der Waals surface area contributed by atoms with Crippen LogP contribution in [0.1, 0.15) is 13.3 Å². The first-order valence-electron chi connectivity index (χ1n) is 4.79. The van der Waals surface area contributed by atoms with E-state index in [0.29, 0.717) is 6.42 Å². The number of ether oxygens (including phenoxy) is 1. The van der Waals surface area contributed by atoms with E-state index in [0.717, 1.165) is 11.1 Å². The maximum Gasteiger partial charge on any atom is 0.312 e. The van der Waals surface area contributed by atoms with Crippen LogP contribution < -0.4 is 0 Å². The molecule has 78 valence electrons. The summed E-state index contributed by atoms with van der Waals surface area (Å²) < 4.78 is 4.95. The van der Waals surface area contributed by atoms with Crippen LogP contribution in [-0.4, -0.2) is 35.5 Å². The first-order valence-corrected chi connectivity index (χ1v) is 4.79. The topological polar surface area (TPSA) is 66.8 Å². The summed E-state index contributed by atoms with van der Waals surface area (Å²) in [5.74, 6) is -1.19. The van der Waals surface area contributed by atoms with Crippen LogP contribution in [0.25, 0.3) is 0 Å². The molecule has 4 nitrogen and oxygen atoms in total. The summed E-state index contributed by atoms with van der Waals surface area (Å²) in [5, 5.41) is 18.8. The number of fused-ring (bicyclic) bond motifs is 1. The second kappa shape index (κ2) is 3.37. The van der Waals surface area contributed by atoms with Gasteiger partial charge >= 0.3 is 5.97 Å². The zero-order chi connectivity index (χ0) is 10.3. The Kier molecular flexibility index (Phi) is 2.33. The SMILES string of the molecule is CC1=C2COC(=O)[C@@H](CO)[C@H]2[C@H](O)C1. The second-order valence-corrected chi connectivity index (χ2v) is 4.00. The Hall–Kier alpha value is -0.870. The van der Waals surface area contributed by atoms with Gasteiger partial charge in [0, 0.05) is 5.92 Å². The third-order valence-corrected chi connectivity index (χ3v) is 3.18. The number of cyclic esters (lactones) is 1. The molecule has 0 radical (unpaired) electrons. The summed E-state index contributed by atoms with van der Waals surface area (Å²) in [6, 6.07) is 0. The molecule has 2 aliphatic rings. The van der Waals surface area contributed by atoms with Crippen LogP contribution in [0.3, 0.4) is 0 Å². The molecule has 0 aromatic carbocycles. The molecule has 1 heterocycles. The summed E-state index contributed by atoms with van der Waals surface area (Å²) in [6.45, 7) is 1.96. The predicted molar refractivity (Wildman–Crippen MR) is 48.3 cm³/mol. The fourth-order valence-corrected chi connectivity index (χ4v) is 2.41. The third-order valence-electron chi connectivity index (χ3n) is 3.18. The molecule has 4 heteroatoms. The van der Waals surface area contributed by atoms with E-state index in [2.05, 4.69) is 0 Å². The van der Waals surface area contributed by atoms with Gasteiger partial charge in [0.25, 0.3) is 0 Å². The van der Waals surface area contributed by atoms with Gasteiger partial charge in [-0.15, -0.1) is 0 Å². The van der Waals surface area contributed by atoms with Crippen LogP contribution in [0.2, 0.25) is 0 Å². The number of aliphatic hydroxyl groups is 2. The number of rotatable bonds is 1. The Labute approximate surface area is 82.2 Å². The van der Waals surface area contributed by atoms with Gasteiger partial charge in [-0.3, -0.25) is 4.79 Å². The van der Waals surface area contributed by atoms with Crippen molar-refractivity contribution in [2.45, 2.75) is 19.4 Å². The average molecular weight is 198 g/mol. The van der Waals surface area contributed by atoms with Gasteiger partial charge in [0.15, 0.2) is 0 Å². The third kappa shape index (κ3) is 1.26. The smallest absolute Gasteiger partial charge is 0.312 e. The molecular formula is C10H14O4.